The molecular formula is C20H21ClN2O3S. The highest BCUT2D eigenvalue weighted by Crippen LogP contribution is 2.39. The maximum Gasteiger partial charge on any atom is 0.337 e. The Morgan fingerprint density at radius 3 is 2.78 bits per heavy atom. The Kier molecular flexibility index (Phi) is 5.58. The zero-order valence-corrected chi connectivity index (χ0v) is 16.9. The number of fused-ring (bicyclic) bond motifs is 1. The van der Waals surface area contributed by atoms with Crippen molar-refractivity contribution in [2.45, 2.75) is 31.9 Å². The zero-order valence-electron chi connectivity index (χ0n) is 15.3. The molecule has 0 radical (unpaired) electrons. The standard InChI is InChI=1S/C20H21ClN2O3S/c1-20(2)11-16(13-6-4-5-7-17(13)26-20)23-19(27)22-15-10-12(18(24)25-3)8-9-14(15)21/h4-10,16H,11H2,1-3H3,(H2,22,23,27)/t16-/m0/s1. The van der Waals surface area contributed by atoms with Crippen LogP contribution in [0.2, 0.25) is 5.02 Å². The van der Waals surface area contributed by atoms with Gasteiger partial charge in [-0.25, -0.2) is 4.79 Å². The van der Waals surface area contributed by atoms with Crippen LogP contribution < -0.4 is 15.4 Å². The molecule has 0 spiro atoms. The highest BCUT2D eigenvalue weighted by atomic mass is 35.5. The predicted octanol–water partition coefficient (Wildman–Crippen LogP) is 4.72. The first-order valence-corrected chi connectivity index (χ1v) is 9.31. The molecule has 0 unspecified atom stereocenters. The number of carbonyl (C=O) groups is 1. The summed E-state index contributed by atoms with van der Waals surface area (Å²) >= 11 is 11.7. The lowest BCUT2D eigenvalue weighted by Crippen LogP contribution is -2.42. The van der Waals surface area contributed by atoms with Crippen molar-refractivity contribution >= 4 is 40.6 Å². The van der Waals surface area contributed by atoms with Gasteiger partial charge in [0.15, 0.2) is 5.11 Å². The molecule has 0 saturated carbocycles. The quantitative estimate of drug-likeness (QED) is 0.570. The van der Waals surface area contributed by atoms with E-state index in [-0.39, 0.29) is 11.6 Å². The molecule has 27 heavy (non-hydrogen) atoms. The van der Waals surface area contributed by atoms with Gasteiger partial charge in [-0.1, -0.05) is 29.8 Å². The Morgan fingerprint density at radius 1 is 1.30 bits per heavy atom. The summed E-state index contributed by atoms with van der Waals surface area (Å²) in [5.74, 6) is 0.411. The fourth-order valence-electron chi connectivity index (χ4n) is 3.11. The van der Waals surface area contributed by atoms with E-state index in [0.29, 0.717) is 21.4 Å². The molecule has 2 N–H and O–H groups in total. The van der Waals surface area contributed by atoms with Gasteiger partial charge in [-0.15, -0.1) is 0 Å². The summed E-state index contributed by atoms with van der Waals surface area (Å²) in [6.07, 6.45) is 0.752. The minimum absolute atomic E-state index is 0.00693. The number of benzene rings is 2. The van der Waals surface area contributed by atoms with Gasteiger partial charge in [0.05, 0.1) is 29.4 Å². The third-order valence-corrected chi connectivity index (χ3v) is 4.87. The van der Waals surface area contributed by atoms with Crippen LogP contribution in [0, 0.1) is 0 Å². The number of esters is 1. The van der Waals surface area contributed by atoms with Gasteiger partial charge < -0.3 is 20.1 Å². The summed E-state index contributed by atoms with van der Waals surface area (Å²) in [6, 6.07) is 12.7. The summed E-state index contributed by atoms with van der Waals surface area (Å²) in [7, 11) is 1.33. The van der Waals surface area contributed by atoms with Crippen LogP contribution in [0.1, 0.15) is 42.2 Å². The maximum atomic E-state index is 11.7. The second kappa shape index (κ2) is 7.74. The molecule has 1 atom stereocenters. The smallest absolute Gasteiger partial charge is 0.337 e. The summed E-state index contributed by atoms with van der Waals surface area (Å²) < 4.78 is 10.8. The van der Waals surface area contributed by atoms with E-state index in [1.807, 2.05) is 38.1 Å². The Balaban J connectivity index is 1.78. The SMILES string of the molecule is COC(=O)c1ccc(Cl)c(NC(=S)N[C@H]2CC(C)(C)Oc3ccccc32)c1. The first-order valence-electron chi connectivity index (χ1n) is 8.52. The zero-order chi connectivity index (χ0) is 19.6. The third kappa shape index (κ3) is 4.51. The molecule has 7 heteroatoms. The van der Waals surface area contributed by atoms with Crippen LogP contribution in [-0.2, 0) is 4.74 Å². The van der Waals surface area contributed by atoms with Gasteiger partial charge in [0.2, 0.25) is 0 Å². The van der Waals surface area contributed by atoms with Crippen molar-refractivity contribution in [1.29, 1.82) is 0 Å². The summed E-state index contributed by atoms with van der Waals surface area (Å²) in [5.41, 5.74) is 1.67. The molecule has 1 heterocycles. The Bertz CT molecular complexity index is 885. The summed E-state index contributed by atoms with van der Waals surface area (Å²) in [6.45, 7) is 4.09. The van der Waals surface area contributed by atoms with Crippen LogP contribution in [-0.4, -0.2) is 23.8 Å². The number of para-hydroxylation sites is 1. The molecule has 0 amide bonds. The van der Waals surface area contributed by atoms with E-state index >= 15 is 0 Å². The number of carbonyl (C=O) groups excluding carboxylic acids is 1. The molecule has 0 aromatic heterocycles. The van der Waals surface area contributed by atoms with Crippen molar-refractivity contribution in [3.63, 3.8) is 0 Å². The van der Waals surface area contributed by atoms with E-state index < -0.39 is 5.97 Å². The van der Waals surface area contributed by atoms with Crippen LogP contribution >= 0.6 is 23.8 Å². The highest BCUT2D eigenvalue weighted by Gasteiger charge is 2.33. The van der Waals surface area contributed by atoms with Crippen molar-refractivity contribution in [2.24, 2.45) is 0 Å². The van der Waals surface area contributed by atoms with Crippen molar-refractivity contribution in [1.82, 2.24) is 5.32 Å². The molecule has 0 bridgehead atoms. The van der Waals surface area contributed by atoms with Crippen LogP contribution in [0.3, 0.4) is 0 Å². The fourth-order valence-corrected chi connectivity index (χ4v) is 3.53. The first kappa shape index (κ1) is 19.5. The van der Waals surface area contributed by atoms with Gasteiger partial charge in [0.25, 0.3) is 0 Å². The van der Waals surface area contributed by atoms with Crippen LogP contribution in [0.25, 0.3) is 0 Å². The van der Waals surface area contributed by atoms with E-state index in [1.165, 1.54) is 7.11 Å². The Morgan fingerprint density at radius 2 is 2.04 bits per heavy atom. The fraction of sp³-hybridized carbons (Fsp3) is 0.300. The van der Waals surface area contributed by atoms with Gasteiger partial charge >= 0.3 is 5.97 Å². The molecule has 142 valence electrons. The minimum Gasteiger partial charge on any atom is -0.487 e. The van der Waals surface area contributed by atoms with E-state index in [0.717, 1.165) is 17.7 Å². The summed E-state index contributed by atoms with van der Waals surface area (Å²) in [4.78, 5) is 11.7. The lowest BCUT2D eigenvalue weighted by molar-refractivity contribution is 0.0600. The molecule has 2 aromatic rings. The average molecular weight is 405 g/mol. The van der Waals surface area contributed by atoms with Crippen molar-refractivity contribution < 1.29 is 14.3 Å². The number of thiocarbonyl (C=S) groups is 1. The van der Waals surface area contributed by atoms with Gasteiger partial charge in [-0.3, -0.25) is 0 Å². The van der Waals surface area contributed by atoms with Gasteiger partial charge in [0, 0.05) is 12.0 Å². The molecular weight excluding hydrogens is 384 g/mol. The molecule has 1 aliphatic rings. The van der Waals surface area contributed by atoms with E-state index in [9.17, 15) is 4.79 Å². The van der Waals surface area contributed by atoms with Crippen molar-refractivity contribution in [3.05, 3.63) is 58.6 Å². The van der Waals surface area contributed by atoms with Crippen LogP contribution in [0.5, 0.6) is 5.75 Å². The molecule has 0 saturated heterocycles. The summed E-state index contributed by atoms with van der Waals surface area (Å²) in [5, 5.41) is 7.28. The normalized spacial score (nSPS) is 17.3. The van der Waals surface area contributed by atoms with Crippen molar-refractivity contribution in [3.8, 4) is 5.75 Å². The number of methoxy groups -OCH3 is 1. The molecule has 0 aliphatic carbocycles. The number of rotatable bonds is 3. The number of nitrogens with one attached hydrogen (secondary N) is 2. The number of anilines is 1. The average Bonchev–Trinajstić information content (AvgIpc) is 2.62. The molecule has 0 fully saturated rings. The van der Waals surface area contributed by atoms with Crippen LogP contribution in [0.15, 0.2) is 42.5 Å². The first-order chi connectivity index (χ1) is 12.8. The van der Waals surface area contributed by atoms with Crippen LogP contribution in [0.4, 0.5) is 5.69 Å². The topological polar surface area (TPSA) is 59.6 Å². The lowest BCUT2D eigenvalue weighted by Gasteiger charge is -2.38. The Labute approximate surface area is 169 Å². The Hall–Kier alpha value is -2.31. The van der Waals surface area contributed by atoms with E-state index in [2.05, 4.69) is 10.6 Å². The highest BCUT2D eigenvalue weighted by molar-refractivity contribution is 7.80. The molecule has 3 rings (SSSR count). The number of halogens is 1. The second-order valence-corrected chi connectivity index (χ2v) is 7.76. The third-order valence-electron chi connectivity index (χ3n) is 4.32. The maximum absolute atomic E-state index is 11.7. The monoisotopic (exact) mass is 404 g/mol. The minimum atomic E-state index is -0.436. The van der Waals surface area contributed by atoms with E-state index in [1.54, 1.807) is 18.2 Å². The molecule has 1 aliphatic heterocycles. The van der Waals surface area contributed by atoms with Gasteiger partial charge in [-0.05, 0) is 50.3 Å². The molecule has 5 nitrogen and oxygen atoms in total. The number of hydrogen-bond acceptors (Lipinski definition) is 4. The number of ether oxygens (including phenoxy) is 2. The largest absolute Gasteiger partial charge is 0.487 e. The van der Waals surface area contributed by atoms with Gasteiger partial charge in [0.1, 0.15) is 11.4 Å². The van der Waals surface area contributed by atoms with Gasteiger partial charge in [-0.2, -0.15) is 0 Å². The van der Waals surface area contributed by atoms with E-state index in [4.69, 9.17) is 33.3 Å². The predicted molar refractivity (Wildman–Crippen MR) is 111 cm³/mol. The molecule has 2 aromatic carbocycles. The number of hydrogen-bond donors (Lipinski definition) is 2. The lowest BCUT2D eigenvalue weighted by atomic mass is 9.90. The second-order valence-electron chi connectivity index (χ2n) is 6.94. The van der Waals surface area contributed by atoms with Crippen molar-refractivity contribution in [2.75, 3.05) is 12.4 Å².